The third kappa shape index (κ3) is 1.60. The van der Waals surface area contributed by atoms with Gasteiger partial charge in [-0.2, -0.15) is 5.10 Å². The van der Waals surface area contributed by atoms with Gasteiger partial charge < -0.3 is 4.90 Å². The van der Waals surface area contributed by atoms with Gasteiger partial charge in [0.1, 0.15) is 0 Å². The van der Waals surface area contributed by atoms with Gasteiger partial charge >= 0.3 is 0 Å². The van der Waals surface area contributed by atoms with Crippen LogP contribution in [0.3, 0.4) is 0 Å². The molecule has 0 radical (unpaired) electrons. The van der Waals surface area contributed by atoms with E-state index in [4.69, 9.17) is 0 Å². The number of aromatic amines is 1. The van der Waals surface area contributed by atoms with Crippen LogP contribution in [0, 0.1) is 0 Å². The fraction of sp³-hybridized carbons (Fsp3) is 0.667. The molecule has 66 valence electrons. The zero-order chi connectivity index (χ0) is 8.23. The number of H-pyrrole nitrogens is 1. The maximum absolute atomic E-state index is 3.96. The van der Waals surface area contributed by atoms with Crippen molar-refractivity contribution < 1.29 is 0 Å². The van der Waals surface area contributed by atoms with Crippen LogP contribution in [-0.2, 0) is 0 Å². The molecule has 1 N–H and O–H groups in total. The SMILES string of the molecule is c1n[nH]cc1N1CCCCCC1. The average Bonchev–Trinajstić information content (AvgIpc) is 2.48. The highest BCUT2D eigenvalue weighted by molar-refractivity contribution is 5.41. The summed E-state index contributed by atoms with van der Waals surface area (Å²) in [7, 11) is 0. The van der Waals surface area contributed by atoms with Gasteiger partial charge in [0, 0.05) is 19.3 Å². The van der Waals surface area contributed by atoms with E-state index < -0.39 is 0 Å². The molecule has 0 bridgehead atoms. The van der Waals surface area contributed by atoms with Gasteiger partial charge in [-0.3, -0.25) is 5.10 Å². The van der Waals surface area contributed by atoms with Gasteiger partial charge in [0.05, 0.1) is 11.9 Å². The van der Waals surface area contributed by atoms with Crippen LogP contribution in [-0.4, -0.2) is 23.3 Å². The van der Waals surface area contributed by atoms with Crippen molar-refractivity contribution in [3.8, 4) is 0 Å². The Morgan fingerprint density at radius 1 is 1.17 bits per heavy atom. The monoisotopic (exact) mass is 165 g/mol. The quantitative estimate of drug-likeness (QED) is 0.688. The number of rotatable bonds is 1. The van der Waals surface area contributed by atoms with Crippen molar-refractivity contribution in [1.82, 2.24) is 10.2 Å². The maximum atomic E-state index is 3.96. The summed E-state index contributed by atoms with van der Waals surface area (Å²) in [6.45, 7) is 2.39. The first-order chi connectivity index (χ1) is 5.97. The molecule has 0 saturated carbocycles. The first kappa shape index (κ1) is 7.65. The first-order valence-electron chi connectivity index (χ1n) is 4.70. The Labute approximate surface area is 72.8 Å². The molecule has 0 aromatic carbocycles. The highest BCUT2D eigenvalue weighted by atomic mass is 15.2. The van der Waals surface area contributed by atoms with Crippen molar-refractivity contribution >= 4 is 5.69 Å². The Bertz CT molecular complexity index is 210. The summed E-state index contributed by atoms with van der Waals surface area (Å²) in [6, 6.07) is 0. The van der Waals surface area contributed by atoms with Crippen LogP contribution >= 0.6 is 0 Å². The standard InChI is InChI=1S/C9H15N3/c1-2-4-6-12(5-3-1)9-7-10-11-8-9/h7-8H,1-6H2,(H,10,11). The molecular formula is C9H15N3. The lowest BCUT2D eigenvalue weighted by Crippen LogP contribution is -2.23. The second-order valence-corrected chi connectivity index (χ2v) is 3.36. The van der Waals surface area contributed by atoms with Gasteiger partial charge in [-0.05, 0) is 12.8 Å². The van der Waals surface area contributed by atoms with E-state index in [1.165, 1.54) is 44.5 Å². The summed E-state index contributed by atoms with van der Waals surface area (Å²) >= 11 is 0. The fourth-order valence-electron chi connectivity index (χ4n) is 1.75. The topological polar surface area (TPSA) is 31.9 Å². The molecule has 3 heteroatoms. The lowest BCUT2D eigenvalue weighted by Gasteiger charge is -2.19. The highest BCUT2D eigenvalue weighted by Crippen LogP contribution is 2.16. The molecule has 1 saturated heterocycles. The summed E-state index contributed by atoms with van der Waals surface area (Å²) in [5, 5.41) is 6.82. The van der Waals surface area contributed by atoms with Crippen LogP contribution in [0.1, 0.15) is 25.7 Å². The van der Waals surface area contributed by atoms with E-state index in [1.54, 1.807) is 0 Å². The Hall–Kier alpha value is -0.990. The van der Waals surface area contributed by atoms with Gasteiger partial charge in [-0.15, -0.1) is 0 Å². The van der Waals surface area contributed by atoms with Crippen molar-refractivity contribution in [3.05, 3.63) is 12.4 Å². The van der Waals surface area contributed by atoms with E-state index in [2.05, 4.69) is 15.1 Å². The summed E-state index contributed by atoms with van der Waals surface area (Å²) in [4.78, 5) is 2.41. The molecular weight excluding hydrogens is 150 g/mol. The van der Waals surface area contributed by atoms with E-state index in [-0.39, 0.29) is 0 Å². The van der Waals surface area contributed by atoms with Crippen molar-refractivity contribution in [2.24, 2.45) is 0 Å². The molecule has 0 spiro atoms. The van der Waals surface area contributed by atoms with Crippen LogP contribution in [0.4, 0.5) is 5.69 Å². The van der Waals surface area contributed by atoms with Crippen molar-refractivity contribution in [3.63, 3.8) is 0 Å². The average molecular weight is 165 g/mol. The molecule has 0 amide bonds. The molecule has 1 fully saturated rings. The minimum absolute atomic E-state index is 1.19. The van der Waals surface area contributed by atoms with Gasteiger partial charge in [0.25, 0.3) is 0 Å². The number of nitrogens with one attached hydrogen (secondary N) is 1. The molecule has 3 nitrogen and oxygen atoms in total. The fourth-order valence-corrected chi connectivity index (χ4v) is 1.75. The van der Waals surface area contributed by atoms with E-state index in [0.717, 1.165) is 0 Å². The van der Waals surface area contributed by atoms with Crippen molar-refractivity contribution in [1.29, 1.82) is 0 Å². The predicted molar refractivity (Wildman–Crippen MR) is 49.3 cm³/mol. The number of aromatic nitrogens is 2. The Morgan fingerprint density at radius 3 is 2.50 bits per heavy atom. The van der Waals surface area contributed by atoms with Gasteiger partial charge in [-0.25, -0.2) is 0 Å². The van der Waals surface area contributed by atoms with Gasteiger partial charge in [0.15, 0.2) is 0 Å². The van der Waals surface area contributed by atoms with Crippen molar-refractivity contribution in [2.45, 2.75) is 25.7 Å². The van der Waals surface area contributed by atoms with Crippen LogP contribution in [0.5, 0.6) is 0 Å². The summed E-state index contributed by atoms with van der Waals surface area (Å²) in [5.41, 5.74) is 1.25. The molecule has 2 heterocycles. The molecule has 0 unspecified atom stereocenters. The molecule has 1 aliphatic heterocycles. The van der Waals surface area contributed by atoms with E-state index >= 15 is 0 Å². The summed E-state index contributed by atoms with van der Waals surface area (Å²) < 4.78 is 0. The number of hydrogen-bond donors (Lipinski definition) is 1. The van der Waals surface area contributed by atoms with E-state index in [9.17, 15) is 0 Å². The molecule has 0 atom stereocenters. The highest BCUT2D eigenvalue weighted by Gasteiger charge is 2.09. The minimum atomic E-state index is 1.19. The molecule has 0 aliphatic carbocycles. The van der Waals surface area contributed by atoms with Crippen LogP contribution in [0.25, 0.3) is 0 Å². The molecule has 12 heavy (non-hydrogen) atoms. The summed E-state index contributed by atoms with van der Waals surface area (Å²) in [6.07, 6.45) is 9.30. The summed E-state index contributed by atoms with van der Waals surface area (Å²) in [5.74, 6) is 0. The largest absolute Gasteiger partial charge is 0.369 e. The molecule has 1 aliphatic rings. The maximum Gasteiger partial charge on any atom is 0.0749 e. The number of nitrogens with zero attached hydrogens (tertiary/aromatic N) is 2. The molecule has 1 aromatic rings. The Balaban J connectivity index is 2.02. The van der Waals surface area contributed by atoms with Crippen molar-refractivity contribution in [2.75, 3.05) is 18.0 Å². The lowest BCUT2D eigenvalue weighted by molar-refractivity contribution is 0.726. The minimum Gasteiger partial charge on any atom is -0.369 e. The smallest absolute Gasteiger partial charge is 0.0749 e. The van der Waals surface area contributed by atoms with Gasteiger partial charge in [-0.1, -0.05) is 12.8 Å². The third-order valence-electron chi connectivity index (χ3n) is 2.45. The van der Waals surface area contributed by atoms with Crippen LogP contribution in [0.15, 0.2) is 12.4 Å². The predicted octanol–water partition coefficient (Wildman–Crippen LogP) is 1.79. The Morgan fingerprint density at radius 2 is 1.92 bits per heavy atom. The third-order valence-corrected chi connectivity index (χ3v) is 2.45. The number of hydrogen-bond acceptors (Lipinski definition) is 2. The van der Waals surface area contributed by atoms with E-state index in [0.29, 0.717) is 0 Å². The zero-order valence-corrected chi connectivity index (χ0v) is 7.29. The number of anilines is 1. The molecule has 1 aromatic heterocycles. The lowest BCUT2D eigenvalue weighted by atomic mass is 10.2. The molecule has 2 rings (SSSR count). The van der Waals surface area contributed by atoms with E-state index in [1.807, 2.05) is 12.4 Å². The normalized spacial score (nSPS) is 19.2. The Kier molecular flexibility index (Phi) is 2.30. The van der Waals surface area contributed by atoms with Gasteiger partial charge in [0.2, 0.25) is 0 Å². The van der Waals surface area contributed by atoms with Crippen LogP contribution < -0.4 is 4.90 Å². The van der Waals surface area contributed by atoms with Crippen LogP contribution in [0.2, 0.25) is 0 Å². The second kappa shape index (κ2) is 3.61. The zero-order valence-electron chi connectivity index (χ0n) is 7.29. The second-order valence-electron chi connectivity index (χ2n) is 3.36. The first-order valence-corrected chi connectivity index (χ1v) is 4.70.